The lowest BCUT2D eigenvalue weighted by Gasteiger charge is -2.14. The molecule has 1 amide bonds. The Morgan fingerprint density at radius 2 is 1.67 bits per heavy atom. The molecular weight excluding hydrogens is 234 g/mol. The highest BCUT2D eigenvalue weighted by atomic mass is 16.5. The van der Waals surface area contributed by atoms with Gasteiger partial charge in [-0.15, -0.1) is 0 Å². The van der Waals surface area contributed by atoms with Gasteiger partial charge in [-0.3, -0.25) is 4.79 Å². The van der Waals surface area contributed by atoms with E-state index in [0.29, 0.717) is 6.61 Å². The summed E-state index contributed by atoms with van der Waals surface area (Å²) in [5, 5.41) is 0. The molecule has 0 atom stereocenters. The van der Waals surface area contributed by atoms with Gasteiger partial charge in [-0.05, 0) is 6.42 Å². The fourth-order valence-electron chi connectivity index (χ4n) is 1.53. The molecule has 106 valence electrons. The van der Waals surface area contributed by atoms with Gasteiger partial charge in [0.25, 0.3) is 0 Å². The number of unbranched alkanes of at least 4 members (excludes halogenated alkanes) is 5. The standard InChI is InChI=1S/C13H25NO4/c1-4-5-6-7-8-9-10-18-12(15)11-14(2)13(16)17-3/h4-11H2,1-3H3. The number of amides is 1. The maximum Gasteiger partial charge on any atom is 0.409 e. The molecule has 0 saturated heterocycles. The van der Waals surface area contributed by atoms with Crippen molar-refractivity contribution in [3.05, 3.63) is 0 Å². The van der Waals surface area contributed by atoms with Gasteiger partial charge in [0.2, 0.25) is 0 Å². The third kappa shape index (κ3) is 8.84. The number of carbonyl (C=O) groups excluding carboxylic acids is 2. The van der Waals surface area contributed by atoms with Gasteiger partial charge in [0.1, 0.15) is 6.54 Å². The van der Waals surface area contributed by atoms with E-state index in [9.17, 15) is 9.59 Å². The predicted molar refractivity (Wildman–Crippen MR) is 69.4 cm³/mol. The molecule has 0 aromatic heterocycles. The van der Waals surface area contributed by atoms with Crippen LogP contribution in [-0.4, -0.2) is 44.3 Å². The molecule has 0 bridgehead atoms. The first-order chi connectivity index (χ1) is 8.61. The van der Waals surface area contributed by atoms with E-state index in [1.807, 2.05) is 0 Å². The zero-order chi connectivity index (χ0) is 13.8. The number of likely N-dealkylation sites (N-methyl/N-ethyl adjacent to an activating group) is 1. The smallest absolute Gasteiger partial charge is 0.409 e. The number of nitrogens with zero attached hydrogens (tertiary/aromatic N) is 1. The van der Waals surface area contributed by atoms with Gasteiger partial charge in [0, 0.05) is 7.05 Å². The van der Waals surface area contributed by atoms with Crippen molar-refractivity contribution in [1.82, 2.24) is 4.90 Å². The van der Waals surface area contributed by atoms with Crippen LogP contribution < -0.4 is 0 Å². The molecule has 0 spiro atoms. The Morgan fingerprint density at radius 1 is 1.06 bits per heavy atom. The highest BCUT2D eigenvalue weighted by molar-refractivity contribution is 5.77. The molecular formula is C13H25NO4. The van der Waals surface area contributed by atoms with Crippen molar-refractivity contribution in [3.63, 3.8) is 0 Å². The minimum atomic E-state index is -0.536. The Labute approximate surface area is 109 Å². The molecule has 5 nitrogen and oxygen atoms in total. The molecule has 5 heteroatoms. The highest BCUT2D eigenvalue weighted by Gasteiger charge is 2.13. The topological polar surface area (TPSA) is 55.8 Å². The SMILES string of the molecule is CCCCCCCCOC(=O)CN(C)C(=O)OC. The molecule has 0 aromatic carbocycles. The van der Waals surface area contributed by atoms with Crippen molar-refractivity contribution in [3.8, 4) is 0 Å². The summed E-state index contributed by atoms with van der Waals surface area (Å²) >= 11 is 0. The number of hydrogen-bond donors (Lipinski definition) is 0. The third-order valence-corrected chi connectivity index (χ3v) is 2.61. The molecule has 0 aliphatic rings. The normalized spacial score (nSPS) is 9.94. The van der Waals surface area contributed by atoms with E-state index >= 15 is 0 Å². The Balaban J connectivity index is 3.45. The van der Waals surface area contributed by atoms with Gasteiger partial charge in [-0.1, -0.05) is 39.0 Å². The fourth-order valence-corrected chi connectivity index (χ4v) is 1.53. The number of esters is 1. The first-order valence-electron chi connectivity index (χ1n) is 6.56. The van der Waals surface area contributed by atoms with Crippen LogP contribution in [0.2, 0.25) is 0 Å². The van der Waals surface area contributed by atoms with Crippen LogP contribution in [0.1, 0.15) is 45.4 Å². The van der Waals surface area contributed by atoms with Crippen molar-refractivity contribution >= 4 is 12.1 Å². The van der Waals surface area contributed by atoms with Crippen molar-refractivity contribution in [1.29, 1.82) is 0 Å². The van der Waals surface area contributed by atoms with E-state index in [1.54, 1.807) is 0 Å². The second kappa shape index (κ2) is 10.9. The zero-order valence-corrected chi connectivity index (χ0v) is 11.7. The average Bonchev–Trinajstić information content (AvgIpc) is 2.36. The van der Waals surface area contributed by atoms with Crippen LogP contribution in [0.4, 0.5) is 4.79 Å². The molecule has 0 radical (unpaired) electrons. The summed E-state index contributed by atoms with van der Waals surface area (Å²) < 4.78 is 9.50. The monoisotopic (exact) mass is 259 g/mol. The van der Waals surface area contributed by atoms with E-state index in [-0.39, 0.29) is 6.54 Å². The first-order valence-corrected chi connectivity index (χ1v) is 6.56. The molecule has 18 heavy (non-hydrogen) atoms. The van der Waals surface area contributed by atoms with Gasteiger partial charge in [-0.2, -0.15) is 0 Å². The molecule has 0 aliphatic carbocycles. The average molecular weight is 259 g/mol. The minimum absolute atomic E-state index is 0.0670. The second-order valence-corrected chi connectivity index (χ2v) is 4.31. The van der Waals surface area contributed by atoms with Crippen LogP contribution in [0.15, 0.2) is 0 Å². The summed E-state index contributed by atoms with van der Waals surface area (Å²) in [6, 6.07) is 0. The van der Waals surface area contributed by atoms with Crippen LogP contribution in [0.25, 0.3) is 0 Å². The molecule has 0 aliphatic heterocycles. The fraction of sp³-hybridized carbons (Fsp3) is 0.846. The zero-order valence-electron chi connectivity index (χ0n) is 11.7. The largest absolute Gasteiger partial charge is 0.464 e. The van der Waals surface area contributed by atoms with Crippen LogP contribution in [-0.2, 0) is 14.3 Å². The van der Waals surface area contributed by atoms with E-state index in [1.165, 1.54) is 44.7 Å². The number of carbonyl (C=O) groups is 2. The van der Waals surface area contributed by atoms with Crippen molar-refractivity contribution < 1.29 is 19.1 Å². The highest BCUT2D eigenvalue weighted by Crippen LogP contribution is 2.05. The minimum Gasteiger partial charge on any atom is -0.464 e. The maximum absolute atomic E-state index is 11.3. The van der Waals surface area contributed by atoms with E-state index in [0.717, 1.165) is 12.8 Å². The summed E-state index contributed by atoms with van der Waals surface area (Å²) in [6.07, 6.45) is 6.37. The summed E-state index contributed by atoms with van der Waals surface area (Å²) in [5.74, 6) is -0.392. The number of rotatable bonds is 9. The van der Waals surface area contributed by atoms with Gasteiger partial charge in [0.05, 0.1) is 13.7 Å². The van der Waals surface area contributed by atoms with Gasteiger partial charge in [0.15, 0.2) is 0 Å². The molecule has 0 rings (SSSR count). The van der Waals surface area contributed by atoms with Gasteiger partial charge < -0.3 is 14.4 Å². The summed E-state index contributed by atoms with van der Waals surface area (Å²) in [6.45, 7) is 2.54. The lowest BCUT2D eigenvalue weighted by molar-refractivity contribution is -0.144. The van der Waals surface area contributed by atoms with Crippen LogP contribution >= 0.6 is 0 Å². The number of hydrogen-bond acceptors (Lipinski definition) is 4. The maximum atomic E-state index is 11.3. The van der Waals surface area contributed by atoms with Crippen LogP contribution in [0.5, 0.6) is 0 Å². The summed E-state index contributed by atoms with van der Waals surface area (Å²) in [4.78, 5) is 23.5. The Bertz CT molecular complexity index is 243. The van der Waals surface area contributed by atoms with Crippen molar-refractivity contribution in [2.45, 2.75) is 45.4 Å². The lowest BCUT2D eigenvalue weighted by Crippen LogP contribution is -2.32. The summed E-state index contributed by atoms with van der Waals surface area (Å²) in [7, 11) is 2.78. The van der Waals surface area contributed by atoms with Gasteiger partial charge in [-0.25, -0.2) is 4.79 Å². The molecule has 0 aromatic rings. The Hall–Kier alpha value is -1.26. The van der Waals surface area contributed by atoms with E-state index < -0.39 is 12.1 Å². The van der Waals surface area contributed by atoms with Crippen molar-refractivity contribution in [2.75, 3.05) is 27.3 Å². The second-order valence-electron chi connectivity index (χ2n) is 4.31. The van der Waals surface area contributed by atoms with E-state index in [2.05, 4.69) is 11.7 Å². The molecule has 0 N–H and O–H groups in total. The molecule has 0 heterocycles. The van der Waals surface area contributed by atoms with Crippen molar-refractivity contribution in [2.24, 2.45) is 0 Å². The van der Waals surface area contributed by atoms with Gasteiger partial charge >= 0.3 is 12.1 Å². The summed E-state index contributed by atoms with van der Waals surface area (Å²) in [5.41, 5.74) is 0. The van der Waals surface area contributed by atoms with Crippen LogP contribution in [0.3, 0.4) is 0 Å². The molecule has 0 fully saturated rings. The number of methoxy groups -OCH3 is 1. The molecule has 0 saturated carbocycles. The molecule has 0 unspecified atom stereocenters. The quantitative estimate of drug-likeness (QED) is 0.472. The first kappa shape index (κ1) is 16.7. The number of ether oxygens (including phenoxy) is 2. The Morgan fingerprint density at radius 3 is 2.28 bits per heavy atom. The van der Waals surface area contributed by atoms with E-state index in [4.69, 9.17) is 4.74 Å². The lowest BCUT2D eigenvalue weighted by atomic mass is 10.1. The third-order valence-electron chi connectivity index (χ3n) is 2.61. The predicted octanol–water partition coefficient (Wildman–Crippen LogP) is 2.59. The Kier molecular flexibility index (Phi) is 10.1. The van der Waals surface area contributed by atoms with Crippen LogP contribution in [0, 0.1) is 0 Å².